The van der Waals surface area contributed by atoms with Crippen LogP contribution in [-0.4, -0.2) is 31.9 Å². The zero-order valence-corrected chi connectivity index (χ0v) is 14.3. The Kier molecular flexibility index (Phi) is 4.13. The summed E-state index contributed by atoms with van der Waals surface area (Å²) in [5.41, 5.74) is 1.80. The molecule has 2 aromatic rings. The van der Waals surface area contributed by atoms with Gasteiger partial charge in [-0.15, -0.1) is 11.8 Å². The SMILES string of the molecule is COc1cc(C=C2CSc3ccc(F)cc3C2=O)cc2c1OCCO2. The highest BCUT2D eigenvalue weighted by molar-refractivity contribution is 7.99. The summed E-state index contributed by atoms with van der Waals surface area (Å²) in [6.07, 6.45) is 1.80. The largest absolute Gasteiger partial charge is 0.493 e. The summed E-state index contributed by atoms with van der Waals surface area (Å²) < 4.78 is 30.1. The van der Waals surface area contributed by atoms with Crippen LogP contribution in [0.25, 0.3) is 6.08 Å². The highest BCUT2D eigenvalue weighted by Crippen LogP contribution is 2.41. The number of carbonyl (C=O) groups excluding carboxylic acids is 1. The Morgan fingerprint density at radius 2 is 2.04 bits per heavy atom. The van der Waals surface area contributed by atoms with Crippen molar-refractivity contribution in [1.29, 1.82) is 0 Å². The molecule has 6 heteroatoms. The molecule has 0 atom stereocenters. The molecule has 0 amide bonds. The maximum absolute atomic E-state index is 13.5. The molecule has 2 aromatic carbocycles. The second-order valence-electron chi connectivity index (χ2n) is 5.68. The minimum Gasteiger partial charge on any atom is -0.493 e. The van der Waals surface area contributed by atoms with Gasteiger partial charge in [-0.2, -0.15) is 0 Å². The summed E-state index contributed by atoms with van der Waals surface area (Å²) in [6, 6.07) is 7.95. The molecule has 0 bridgehead atoms. The number of hydrogen-bond donors (Lipinski definition) is 0. The zero-order chi connectivity index (χ0) is 17.4. The number of fused-ring (bicyclic) bond motifs is 2. The average Bonchev–Trinajstić information content (AvgIpc) is 2.64. The lowest BCUT2D eigenvalue weighted by atomic mass is 10.0. The topological polar surface area (TPSA) is 44.8 Å². The van der Waals surface area contributed by atoms with E-state index >= 15 is 0 Å². The van der Waals surface area contributed by atoms with Crippen molar-refractivity contribution in [2.45, 2.75) is 4.90 Å². The lowest BCUT2D eigenvalue weighted by Gasteiger charge is -2.21. The van der Waals surface area contributed by atoms with Gasteiger partial charge in [-0.25, -0.2) is 4.39 Å². The molecule has 0 fully saturated rings. The number of halogens is 1. The molecule has 0 saturated heterocycles. The van der Waals surface area contributed by atoms with Gasteiger partial charge in [0.25, 0.3) is 0 Å². The third-order valence-electron chi connectivity index (χ3n) is 4.05. The molecular weight excluding hydrogens is 343 g/mol. The quantitative estimate of drug-likeness (QED) is 0.760. The standard InChI is InChI=1S/C19H15FO4S/c1-22-15-7-11(8-16-19(15)24-5-4-23-16)6-12-10-25-17-3-2-13(20)9-14(17)18(12)21/h2-3,6-9H,4-5,10H2,1H3. The number of benzene rings is 2. The number of rotatable bonds is 2. The summed E-state index contributed by atoms with van der Waals surface area (Å²) in [5, 5.41) is 0. The van der Waals surface area contributed by atoms with Crippen LogP contribution in [0.4, 0.5) is 4.39 Å². The molecule has 4 nitrogen and oxygen atoms in total. The van der Waals surface area contributed by atoms with Crippen molar-refractivity contribution in [3.63, 3.8) is 0 Å². The lowest BCUT2D eigenvalue weighted by Crippen LogP contribution is -2.16. The summed E-state index contributed by atoms with van der Waals surface area (Å²) >= 11 is 1.52. The second-order valence-corrected chi connectivity index (χ2v) is 6.69. The molecule has 0 radical (unpaired) electrons. The van der Waals surface area contributed by atoms with Crippen LogP contribution in [0.3, 0.4) is 0 Å². The summed E-state index contributed by atoms with van der Waals surface area (Å²) in [4.78, 5) is 13.5. The van der Waals surface area contributed by atoms with Gasteiger partial charge in [0.2, 0.25) is 5.75 Å². The maximum Gasteiger partial charge on any atom is 0.203 e. The summed E-state index contributed by atoms with van der Waals surface area (Å²) in [7, 11) is 1.56. The van der Waals surface area contributed by atoms with Crippen LogP contribution in [-0.2, 0) is 0 Å². The van der Waals surface area contributed by atoms with Gasteiger partial charge < -0.3 is 14.2 Å². The van der Waals surface area contributed by atoms with Crippen molar-refractivity contribution in [3.05, 3.63) is 52.8 Å². The first-order valence-corrected chi connectivity index (χ1v) is 8.79. The molecule has 25 heavy (non-hydrogen) atoms. The molecule has 0 aromatic heterocycles. The number of ketones is 1. The Hall–Kier alpha value is -2.47. The van der Waals surface area contributed by atoms with Gasteiger partial charge in [-0.3, -0.25) is 4.79 Å². The highest BCUT2D eigenvalue weighted by Gasteiger charge is 2.24. The molecule has 4 rings (SSSR count). The summed E-state index contributed by atoms with van der Waals surface area (Å²) in [5.74, 6) is 1.71. The van der Waals surface area contributed by atoms with Crippen LogP contribution in [0.5, 0.6) is 17.2 Å². The van der Waals surface area contributed by atoms with E-state index in [1.165, 1.54) is 23.9 Å². The Labute approximate surface area is 148 Å². The highest BCUT2D eigenvalue weighted by atomic mass is 32.2. The molecule has 128 valence electrons. The van der Waals surface area contributed by atoms with Crippen LogP contribution in [0.1, 0.15) is 15.9 Å². The van der Waals surface area contributed by atoms with Gasteiger partial charge in [0.05, 0.1) is 7.11 Å². The van der Waals surface area contributed by atoms with Gasteiger partial charge in [0.15, 0.2) is 17.3 Å². The monoisotopic (exact) mass is 358 g/mol. The van der Waals surface area contributed by atoms with Gasteiger partial charge in [0.1, 0.15) is 19.0 Å². The second kappa shape index (κ2) is 6.44. The Morgan fingerprint density at radius 1 is 1.20 bits per heavy atom. The zero-order valence-electron chi connectivity index (χ0n) is 13.5. The molecule has 2 aliphatic heterocycles. The van der Waals surface area contributed by atoms with Gasteiger partial charge in [-0.05, 0) is 42.0 Å². The van der Waals surface area contributed by atoms with E-state index in [1.807, 2.05) is 6.07 Å². The molecule has 0 N–H and O–H groups in total. The molecule has 0 spiro atoms. The van der Waals surface area contributed by atoms with Crippen LogP contribution in [0.2, 0.25) is 0 Å². The average molecular weight is 358 g/mol. The van der Waals surface area contributed by atoms with Crippen molar-refractivity contribution in [1.82, 2.24) is 0 Å². The van der Waals surface area contributed by atoms with E-state index in [4.69, 9.17) is 14.2 Å². The van der Waals surface area contributed by atoms with Crippen LogP contribution in [0.15, 0.2) is 40.8 Å². The van der Waals surface area contributed by atoms with Crippen LogP contribution in [0, 0.1) is 5.82 Å². The Bertz CT molecular complexity index is 874. The first-order chi connectivity index (χ1) is 12.2. The maximum atomic E-state index is 13.5. The van der Waals surface area contributed by atoms with Crippen molar-refractivity contribution in [3.8, 4) is 17.2 Å². The van der Waals surface area contributed by atoms with Crippen molar-refractivity contribution in [2.24, 2.45) is 0 Å². The number of ether oxygens (including phenoxy) is 3. The molecule has 0 saturated carbocycles. The van der Waals surface area contributed by atoms with E-state index in [9.17, 15) is 9.18 Å². The third-order valence-corrected chi connectivity index (χ3v) is 5.17. The van der Waals surface area contributed by atoms with E-state index in [1.54, 1.807) is 25.3 Å². The van der Waals surface area contributed by atoms with E-state index < -0.39 is 5.82 Å². The molecule has 2 aliphatic rings. The van der Waals surface area contributed by atoms with Gasteiger partial charge in [-0.1, -0.05) is 0 Å². The number of carbonyl (C=O) groups is 1. The lowest BCUT2D eigenvalue weighted by molar-refractivity contribution is 0.103. The number of hydrogen-bond acceptors (Lipinski definition) is 5. The minimum atomic E-state index is -0.407. The normalized spacial score (nSPS) is 17.4. The third kappa shape index (κ3) is 2.98. The number of thioether (sulfide) groups is 1. The first kappa shape index (κ1) is 16.0. The van der Waals surface area contributed by atoms with Crippen LogP contribution < -0.4 is 14.2 Å². The predicted octanol–water partition coefficient (Wildman–Crippen LogP) is 3.98. The number of methoxy groups -OCH3 is 1. The van der Waals surface area contributed by atoms with Crippen molar-refractivity contribution >= 4 is 23.6 Å². The molecule has 0 aliphatic carbocycles. The fourth-order valence-electron chi connectivity index (χ4n) is 2.88. The summed E-state index contributed by atoms with van der Waals surface area (Å²) in [6.45, 7) is 0.943. The predicted molar refractivity (Wildman–Crippen MR) is 93.4 cm³/mol. The van der Waals surface area contributed by atoms with Crippen molar-refractivity contribution < 1.29 is 23.4 Å². The van der Waals surface area contributed by atoms with E-state index in [-0.39, 0.29) is 5.78 Å². The molecule has 2 heterocycles. The van der Waals surface area contributed by atoms with Gasteiger partial charge >= 0.3 is 0 Å². The van der Waals surface area contributed by atoms with E-state index in [0.717, 1.165) is 10.5 Å². The Morgan fingerprint density at radius 3 is 2.88 bits per heavy atom. The smallest absolute Gasteiger partial charge is 0.203 e. The van der Waals surface area contributed by atoms with E-state index in [2.05, 4.69) is 0 Å². The van der Waals surface area contributed by atoms with Gasteiger partial charge in [0, 0.05) is 21.8 Å². The fraction of sp³-hybridized carbons (Fsp3) is 0.211. The number of Topliss-reactive ketones (excluding diaryl/α,β-unsaturated/α-hetero) is 1. The molecule has 0 unspecified atom stereocenters. The molecular formula is C19H15FO4S. The minimum absolute atomic E-state index is 0.151. The Balaban J connectivity index is 1.73. The first-order valence-electron chi connectivity index (χ1n) is 7.81. The van der Waals surface area contributed by atoms with Crippen LogP contribution >= 0.6 is 11.8 Å². The fourth-order valence-corrected chi connectivity index (χ4v) is 3.88. The van der Waals surface area contributed by atoms with Crippen molar-refractivity contribution in [2.75, 3.05) is 26.1 Å². The van der Waals surface area contributed by atoms with E-state index in [0.29, 0.717) is 47.4 Å².